The molecule has 0 unspecified atom stereocenters. The van der Waals surface area contributed by atoms with Crippen LogP contribution in [0.3, 0.4) is 0 Å². The smallest absolute Gasteiger partial charge is 0.142 e. The van der Waals surface area contributed by atoms with Crippen LogP contribution in [0.4, 0.5) is 0 Å². The van der Waals surface area contributed by atoms with E-state index in [2.05, 4.69) is 25.9 Å². The Morgan fingerprint density at radius 2 is 2.09 bits per heavy atom. The zero-order valence-electron chi connectivity index (χ0n) is 7.64. The van der Waals surface area contributed by atoms with Crippen LogP contribution < -0.4 is 0 Å². The topological polar surface area (TPSA) is 26.0 Å². The molecule has 0 fully saturated rings. The summed E-state index contributed by atoms with van der Waals surface area (Å²) in [5, 5.41) is 3.93. The van der Waals surface area contributed by atoms with Crippen LogP contribution in [0.5, 0.6) is 0 Å². The van der Waals surface area contributed by atoms with E-state index >= 15 is 0 Å². The lowest BCUT2D eigenvalue weighted by Gasteiger charge is -2.00. The molecule has 2 heteroatoms. The quantitative estimate of drug-likeness (QED) is 0.652. The highest BCUT2D eigenvalue weighted by molar-refractivity contribution is 5.23. The Labute approximate surface area is 67.6 Å². The number of hydrogen-bond donors (Lipinski definition) is 0. The maximum absolute atomic E-state index is 5.20. The van der Waals surface area contributed by atoms with E-state index in [1.165, 1.54) is 5.56 Å². The SMILES string of the molecule is CCc1c(C)noc1C(C)C. The van der Waals surface area contributed by atoms with Gasteiger partial charge in [-0.25, -0.2) is 0 Å². The van der Waals surface area contributed by atoms with E-state index in [4.69, 9.17) is 4.52 Å². The van der Waals surface area contributed by atoms with E-state index in [1.54, 1.807) is 0 Å². The molecule has 1 aromatic rings. The monoisotopic (exact) mass is 153 g/mol. The summed E-state index contributed by atoms with van der Waals surface area (Å²) in [6.45, 7) is 8.37. The van der Waals surface area contributed by atoms with Gasteiger partial charge >= 0.3 is 0 Å². The van der Waals surface area contributed by atoms with Crippen molar-refractivity contribution in [2.24, 2.45) is 0 Å². The van der Waals surface area contributed by atoms with E-state index in [9.17, 15) is 0 Å². The number of rotatable bonds is 2. The van der Waals surface area contributed by atoms with Gasteiger partial charge < -0.3 is 4.52 Å². The van der Waals surface area contributed by atoms with Crippen molar-refractivity contribution in [2.45, 2.75) is 40.0 Å². The molecule has 1 heterocycles. The van der Waals surface area contributed by atoms with Crippen molar-refractivity contribution >= 4 is 0 Å². The third kappa shape index (κ3) is 1.44. The summed E-state index contributed by atoms with van der Waals surface area (Å²) in [6.07, 6.45) is 1.02. The Kier molecular flexibility index (Phi) is 2.32. The van der Waals surface area contributed by atoms with Gasteiger partial charge in [0.25, 0.3) is 0 Å². The molecule has 0 N–H and O–H groups in total. The minimum atomic E-state index is 0.450. The van der Waals surface area contributed by atoms with E-state index < -0.39 is 0 Å². The molecule has 0 bridgehead atoms. The van der Waals surface area contributed by atoms with Gasteiger partial charge in [0, 0.05) is 11.5 Å². The highest BCUT2D eigenvalue weighted by Gasteiger charge is 2.13. The summed E-state index contributed by atoms with van der Waals surface area (Å²) in [7, 11) is 0. The Balaban J connectivity index is 3.05. The molecule has 1 aromatic heterocycles. The lowest BCUT2D eigenvalue weighted by Crippen LogP contribution is -1.91. The largest absolute Gasteiger partial charge is 0.361 e. The maximum atomic E-state index is 5.20. The second kappa shape index (κ2) is 3.07. The Morgan fingerprint density at radius 3 is 2.45 bits per heavy atom. The predicted molar refractivity (Wildman–Crippen MR) is 44.7 cm³/mol. The first-order valence-electron chi connectivity index (χ1n) is 4.11. The standard InChI is InChI=1S/C9H15NO/c1-5-8-7(4)10-11-9(8)6(2)3/h6H,5H2,1-4H3. The number of aryl methyl sites for hydroxylation is 1. The van der Waals surface area contributed by atoms with Crippen LogP contribution >= 0.6 is 0 Å². The lowest BCUT2D eigenvalue weighted by atomic mass is 10.0. The first-order valence-corrected chi connectivity index (χ1v) is 4.11. The van der Waals surface area contributed by atoms with Gasteiger partial charge in [-0.3, -0.25) is 0 Å². The van der Waals surface area contributed by atoms with E-state index in [-0.39, 0.29) is 0 Å². The Bertz CT molecular complexity index is 238. The zero-order chi connectivity index (χ0) is 8.43. The highest BCUT2D eigenvalue weighted by Crippen LogP contribution is 2.21. The summed E-state index contributed by atoms with van der Waals surface area (Å²) in [6, 6.07) is 0. The van der Waals surface area contributed by atoms with Gasteiger partial charge in [-0.2, -0.15) is 0 Å². The Morgan fingerprint density at radius 1 is 1.45 bits per heavy atom. The van der Waals surface area contributed by atoms with Crippen molar-refractivity contribution in [2.75, 3.05) is 0 Å². The van der Waals surface area contributed by atoms with Gasteiger partial charge in [-0.05, 0) is 13.3 Å². The molecule has 0 amide bonds. The van der Waals surface area contributed by atoms with E-state index in [0.29, 0.717) is 5.92 Å². The minimum Gasteiger partial charge on any atom is -0.361 e. The van der Waals surface area contributed by atoms with Gasteiger partial charge in [0.05, 0.1) is 5.69 Å². The second-order valence-electron chi connectivity index (χ2n) is 3.12. The first-order chi connectivity index (χ1) is 5.16. The summed E-state index contributed by atoms with van der Waals surface area (Å²) < 4.78 is 5.20. The molecule has 11 heavy (non-hydrogen) atoms. The molecule has 62 valence electrons. The van der Waals surface area contributed by atoms with Gasteiger partial charge in [0.15, 0.2) is 0 Å². The van der Waals surface area contributed by atoms with Gasteiger partial charge in [0.2, 0.25) is 0 Å². The van der Waals surface area contributed by atoms with Crippen molar-refractivity contribution in [1.29, 1.82) is 0 Å². The first kappa shape index (κ1) is 8.31. The highest BCUT2D eigenvalue weighted by atomic mass is 16.5. The van der Waals surface area contributed by atoms with Crippen LogP contribution in [0, 0.1) is 6.92 Å². The van der Waals surface area contributed by atoms with Gasteiger partial charge in [-0.15, -0.1) is 0 Å². The predicted octanol–water partition coefficient (Wildman–Crippen LogP) is 2.67. The maximum Gasteiger partial charge on any atom is 0.142 e. The lowest BCUT2D eigenvalue weighted by molar-refractivity contribution is 0.366. The molecule has 0 saturated carbocycles. The van der Waals surface area contributed by atoms with Crippen LogP contribution in [-0.2, 0) is 6.42 Å². The summed E-state index contributed by atoms with van der Waals surface area (Å²) in [5.41, 5.74) is 2.32. The van der Waals surface area contributed by atoms with Gasteiger partial charge in [0.1, 0.15) is 5.76 Å². The second-order valence-corrected chi connectivity index (χ2v) is 3.12. The minimum absolute atomic E-state index is 0.450. The van der Waals surface area contributed by atoms with Crippen LogP contribution in [-0.4, -0.2) is 5.16 Å². The Hall–Kier alpha value is -0.790. The average Bonchev–Trinajstić information content (AvgIpc) is 2.30. The van der Waals surface area contributed by atoms with Gasteiger partial charge in [-0.1, -0.05) is 25.9 Å². The molecule has 0 aromatic carbocycles. The summed E-state index contributed by atoms with van der Waals surface area (Å²) in [4.78, 5) is 0. The molecule has 0 aliphatic heterocycles. The fourth-order valence-corrected chi connectivity index (χ4v) is 1.29. The molecular weight excluding hydrogens is 138 g/mol. The normalized spacial score (nSPS) is 11.0. The van der Waals surface area contributed by atoms with Crippen LogP contribution in [0.1, 0.15) is 43.7 Å². The molecule has 0 atom stereocenters. The fraction of sp³-hybridized carbons (Fsp3) is 0.667. The average molecular weight is 153 g/mol. The molecule has 2 nitrogen and oxygen atoms in total. The third-order valence-electron chi connectivity index (χ3n) is 1.89. The zero-order valence-corrected chi connectivity index (χ0v) is 7.64. The number of aromatic nitrogens is 1. The summed E-state index contributed by atoms with van der Waals surface area (Å²) >= 11 is 0. The number of nitrogens with zero attached hydrogens (tertiary/aromatic N) is 1. The van der Waals surface area contributed by atoms with E-state index in [0.717, 1.165) is 17.9 Å². The molecule has 0 spiro atoms. The van der Waals surface area contributed by atoms with Crippen molar-refractivity contribution in [3.8, 4) is 0 Å². The molecule has 0 aliphatic carbocycles. The summed E-state index contributed by atoms with van der Waals surface area (Å²) in [5.74, 6) is 1.50. The van der Waals surface area contributed by atoms with Crippen molar-refractivity contribution in [3.05, 3.63) is 17.0 Å². The van der Waals surface area contributed by atoms with Crippen molar-refractivity contribution in [1.82, 2.24) is 5.16 Å². The molecular formula is C9H15NO. The van der Waals surface area contributed by atoms with Crippen LogP contribution in [0.15, 0.2) is 4.52 Å². The van der Waals surface area contributed by atoms with Crippen molar-refractivity contribution in [3.63, 3.8) is 0 Å². The van der Waals surface area contributed by atoms with Crippen molar-refractivity contribution < 1.29 is 4.52 Å². The fourth-order valence-electron chi connectivity index (χ4n) is 1.29. The molecule has 0 aliphatic rings. The number of hydrogen-bond acceptors (Lipinski definition) is 2. The van der Waals surface area contributed by atoms with E-state index in [1.807, 2.05) is 6.92 Å². The van der Waals surface area contributed by atoms with Crippen LogP contribution in [0.2, 0.25) is 0 Å². The third-order valence-corrected chi connectivity index (χ3v) is 1.89. The molecule has 1 rings (SSSR count). The molecule has 0 saturated heterocycles. The molecule has 0 radical (unpaired) electrons. The van der Waals surface area contributed by atoms with Crippen LogP contribution in [0.25, 0.3) is 0 Å².